The lowest BCUT2D eigenvalue weighted by Gasteiger charge is -1.80. The van der Waals surface area contributed by atoms with Crippen molar-refractivity contribution < 1.29 is 0 Å². The van der Waals surface area contributed by atoms with Gasteiger partial charge in [0.1, 0.15) is 6.33 Å². The van der Waals surface area contributed by atoms with Gasteiger partial charge in [-0.1, -0.05) is 0 Å². The molecule has 2 heterocycles. The Bertz CT molecular complexity index is 439. The largest absolute Gasteiger partial charge is 0.243 e. The van der Waals surface area contributed by atoms with Gasteiger partial charge in [-0.05, 0) is 12.2 Å². The van der Waals surface area contributed by atoms with Crippen LogP contribution in [0, 0.1) is 0 Å². The molecule has 1 aromatic rings. The molecule has 0 amide bonds. The van der Waals surface area contributed by atoms with Crippen LogP contribution in [-0.2, 0) is 0 Å². The van der Waals surface area contributed by atoms with E-state index in [4.69, 9.17) is 0 Å². The van der Waals surface area contributed by atoms with Crippen LogP contribution in [0.1, 0.15) is 0 Å². The standard InChI is InChI=1S/C8H5N3/c1-2-4-10-8-7(3-1)5-9-6-11-8/h1-2,4-6H. The van der Waals surface area contributed by atoms with E-state index in [9.17, 15) is 0 Å². The topological polar surface area (TPSA) is 38.1 Å². The van der Waals surface area contributed by atoms with E-state index in [-0.39, 0.29) is 0 Å². The Morgan fingerprint density at radius 1 is 1.36 bits per heavy atom. The van der Waals surface area contributed by atoms with Crippen molar-refractivity contribution in [2.24, 2.45) is 4.99 Å². The molecule has 0 fully saturated rings. The highest BCUT2D eigenvalue weighted by Crippen LogP contribution is 1.75. The van der Waals surface area contributed by atoms with Crippen LogP contribution in [-0.4, -0.2) is 9.97 Å². The van der Waals surface area contributed by atoms with Crippen LogP contribution in [0.2, 0.25) is 0 Å². The third kappa shape index (κ3) is 1.09. The fraction of sp³-hybridized carbons (Fsp3) is 0. The van der Waals surface area contributed by atoms with E-state index in [1.165, 1.54) is 6.33 Å². The summed E-state index contributed by atoms with van der Waals surface area (Å²) < 4.78 is 0. The molecular formula is C8H5N3. The summed E-state index contributed by atoms with van der Waals surface area (Å²) in [7, 11) is 0. The number of rotatable bonds is 0. The van der Waals surface area contributed by atoms with Crippen molar-refractivity contribution in [1.82, 2.24) is 9.97 Å². The molecule has 0 saturated heterocycles. The van der Waals surface area contributed by atoms with Crippen molar-refractivity contribution in [3.8, 4) is 0 Å². The fourth-order valence-electron chi connectivity index (χ4n) is 0.822. The van der Waals surface area contributed by atoms with Gasteiger partial charge in [-0.15, -0.1) is 5.73 Å². The molecule has 0 radical (unpaired) electrons. The number of hydrogen-bond acceptors (Lipinski definition) is 3. The van der Waals surface area contributed by atoms with Gasteiger partial charge in [-0.25, -0.2) is 15.0 Å². The highest BCUT2D eigenvalue weighted by atomic mass is 14.9. The first-order valence-corrected chi connectivity index (χ1v) is 3.22. The molecule has 3 heteroatoms. The molecule has 0 bridgehead atoms. The van der Waals surface area contributed by atoms with Crippen molar-refractivity contribution in [3.63, 3.8) is 0 Å². The van der Waals surface area contributed by atoms with E-state index in [2.05, 4.69) is 20.7 Å². The quantitative estimate of drug-likeness (QED) is 0.493. The summed E-state index contributed by atoms with van der Waals surface area (Å²) in [5.74, 6) is 0. The summed E-state index contributed by atoms with van der Waals surface area (Å²) in [5.41, 5.74) is 3.67. The van der Waals surface area contributed by atoms with Crippen LogP contribution < -0.4 is 10.7 Å². The SMILES string of the molecule is C1=CC=CN=c2ncncc2=1. The fourth-order valence-corrected chi connectivity index (χ4v) is 0.822. The van der Waals surface area contributed by atoms with Crippen LogP contribution in [0.15, 0.2) is 35.9 Å². The van der Waals surface area contributed by atoms with Crippen LogP contribution in [0.3, 0.4) is 0 Å². The first-order chi connectivity index (χ1) is 5.47. The first kappa shape index (κ1) is 6.01. The second-order valence-corrected chi connectivity index (χ2v) is 2.04. The number of fused-ring (bicyclic) bond motifs is 1. The molecule has 0 spiro atoms. The molecule has 0 saturated carbocycles. The number of aromatic nitrogens is 2. The molecule has 11 heavy (non-hydrogen) atoms. The summed E-state index contributed by atoms with van der Waals surface area (Å²) in [5, 5.41) is 0.831. The Morgan fingerprint density at radius 2 is 2.36 bits per heavy atom. The second kappa shape index (κ2) is 2.48. The van der Waals surface area contributed by atoms with Gasteiger partial charge < -0.3 is 0 Å². The van der Waals surface area contributed by atoms with E-state index in [1.54, 1.807) is 18.5 Å². The van der Waals surface area contributed by atoms with Crippen LogP contribution >= 0.6 is 0 Å². The van der Waals surface area contributed by atoms with Crippen molar-refractivity contribution in [3.05, 3.63) is 41.6 Å². The Hall–Kier alpha value is -1.73. The lowest BCUT2D eigenvalue weighted by atomic mass is 10.4. The van der Waals surface area contributed by atoms with Gasteiger partial charge >= 0.3 is 0 Å². The molecule has 0 aliphatic carbocycles. The number of hydrogen-bond donors (Lipinski definition) is 0. The molecule has 0 aromatic carbocycles. The zero-order valence-corrected chi connectivity index (χ0v) is 5.73. The van der Waals surface area contributed by atoms with Crippen LogP contribution in [0.5, 0.6) is 0 Å². The molecule has 1 aromatic heterocycles. The number of allylic oxidation sites excluding steroid dienone is 2. The third-order valence-corrected chi connectivity index (χ3v) is 1.31. The molecule has 0 atom stereocenters. The normalized spacial score (nSPS) is 12.7. The van der Waals surface area contributed by atoms with E-state index in [0.29, 0.717) is 5.49 Å². The second-order valence-electron chi connectivity index (χ2n) is 2.04. The molecular weight excluding hydrogens is 138 g/mol. The summed E-state index contributed by atoms with van der Waals surface area (Å²) >= 11 is 0. The van der Waals surface area contributed by atoms with Crippen molar-refractivity contribution in [2.75, 3.05) is 0 Å². The first-order valence-electron chi connectivity index (χ1n) is 3.22. The molecule has 3 nitrogen and oxygen atoms in total. The zero-order valence-electron chi connectivity index (χ0n) is 5.73. The maximum absolute atomic E-state index is 4.06. The Labute approximate surface area is 63.2 Å². The van der Waals surface area contributed by atoms with Gasteiger partial charge in [0, 0.05) is 12.4 Å². The predicted molar refractivity (Wildman–Crippen MR) is 39.9 cm³/mol. The third-order valence-electron chi connectivity index (χ3n) is 1.31. The maximum Gasteiger partial charge on any atom is 0.170 e. The highest BCUT2D eigenvalue weighted by molar-refractivity contribution is 5.25. The van der Waals surface area contributed by atoms with Gasteiger partial charge in [-0.2, -0.15) is 0 Å². The van der Waals surface area contributed by atoms with Gasteiger partial charge in [0.25, 0.3) is 0 Å². The lowest BCUT2D eigenvalue weighted by Crippen LogP contribution is -2.27. The maximum atomic E-state index is 4.06. The molecule has 0 unspecified atom stereocenters. The minimum Gasteiger partial charge on any atom is -0.243 e. The highest BCUT2D eigenvalue weighted by Gasteiger charge is 1.84. The monoisotopic (exact) mass is 143 g/mol. The van der Waals surface area contributed by atoms with Gasteiger partial charge in [0.2, 0.25) is 0 Å². The average Bonchev–Trinajstić information content (AvgIpc) is 2.28. The van der Waals surface area contributed by atoms with Crippen molar-refractivity contribution in [1.29, 1.82) is 0 Å². The van der Waals surface area contributed by atoms with E-state index in [1.807, 2.05) is 6.08 Å². The van der Waals surface area contributed by atoms with Crippen LogP contribution in [0.4, 0.5) is 0 Å². The predicted octanol–water partition coefficient (Wildman–Crippen LogP) is -0.441. The summed E-state index contributed by atoms with van der Waals surface area (Å²) in [4.78, 5) is 11.9. The average molecular weight is 143 g/mol. The summed E-state index contributed by atoms with van der Waals surface area (Å²) in [6.45, 7) is 0. The molecule has 1 aliphatic heterocycles. The molecule has 0 N–H and O–H groups in total. The van der Waals surface area contributed by atoms with Crippen molar-refractivity contribution >= 4 is 5.73 Å². The smallest absolute Gasteiger partial charge is 0.170 e. The van der Waals surface area contributed by atoms with Gasteiger partial charge in [0.15, 0.2) is 5.49 Å². The molecule has 1 aliphatic rings. The minimum atomic E-state index is 0.671. The Kier molecular flexibility index (Phi) is 1.36. The van der Waals surface area contributed by atoms with Crippen LogP contribution in [0.25, 0.3) is 5.73 Å². The Morgan fingerprint density at radius 3 is 3.36 bits per heavy atom. The number of nitrogens with zero attached hydrogens (tertiary/aromatic N) is 3. The summed E-state index contributed by atoms with van der Waals surface area (Å²) in [6, 6.07) is 0. The van der Waals surface area contributed by atoms with Crippen molar-refractivity contribution in [2.45, 2.75) is 0 Å². The Balaban J connectivity index is 2.99. The molecule has 52 valence electrons. The van der Waals surface area contributed by atoms with E-state index >= 15 is 0 Å². The van der Waals surface area contributed by atoms with E-state index in [0.717, 1.165) is 5.22 Å². The summed E-state index contributed by atoms with van der Waals surface area (Å²) in [6.07, 6.45) is 8.45. The van der Waals surface area contributed by atoms with E-state index < -0.39 is 0 Å². The lowest BCUT2D eigenvalue weighted by molar-refractivity contribution is 1.04. The minimum absolute atomic E-state index is 0.671. The molecule has 2 rings (SSSR count). The van der Waals surface area contributed by atoms with Gasteiger partial charge in [0.05, 0.1) is 5.22 Å². The van der Waals surface area contributed by atoms with Gasteiger partial charge in [-0.3, -0.25) is 0 Å². The zero-order chi connectivity index (χ0) is 7.52.